The highest BCUT2D eigenvalue weighted by Crippen LogP contribution is 2.55. The zero-order valence-corrected chi connectivity index (χ0v) is 15.9. The van der Waals surface area contributed by atoms with E-state index in [1.807, 2.05) is 91.0 Å². The summed E-state index contributed by atoms with van der Waals surface area (Å²) in [5.74, 6) is -2.74. The van der Waals surface area contributed by atoms with Gasteiger partial charge in [-0.3, -0.25) is 24.6 Å². The van der Waals surface area contributed by atoms with E-state index >= 15 is 0 Å². The predicted octanol–water partition coefficient (Wildman–Crippen LogP) is 3.24. The number of carbonyl (C=O) groups excluding carboxylic acids is 2. The first-order valence-corrected chi connectivity index (χ1v) is 9.76. The highest BCUT2D eigenvalue weighted by Gasteiger charge is 2.77. The van der Waals surface area contributed by atoms with Gasteiger partial charge >= 0.3 is 0 Å². The van der Waals surface area contributed by atoms with Crippen LogP contribution in [-0.4, -0.2) is 27.7 Å². The van der Waals surface area contributed by atoms with Gasteiger partial charge < -0.3 is 0 Å². The summed E-state index contributed by atoms with van der Waals surface area (Å²) < 4.78 is 0. The molecule has 0 N–H and O–H groups in total. The van der Waals surface area contributed by atoms with Crippen LogP contribution in [0.5, 0.6) is 0 Å². The van der Waals surface area contributed by atoms with E-state index in [1.54, 1.807) is 0 Å². The van der Waals surface area contributed by atoms with E-state index in [2.05, 4.69) is 0 Å². The first-order valence-electron chi connectivity index (χ1n) is 9.76. The molecule has 0 spiro atoms. The number of nitrogens with zero attached hydrogens (tertiary/aromatic N) is 2. The molecule has 2 atom stereocenters. The zero-order chi connectivity index (χ0) is 20.9. The second kappa shape index (κ2) is 6.62. The molecule has 2 aliphatic rings. The third kappa shape index (κ3) is 2.37. The van der Waals surface area contributed by atoms with Crippen molar-refractivity contribution < 1.29 is 14.5 Å². The average Bonchev–Trinajstić information content (AvgIpc) is 3.49. The third-order valence-electron chi connectivity index (χ3n) is 6.15. The van der Waals surface area contributed by atoms with E-state index in [1.165, 1.54) is 4.90 Å². The first kappa shape index (κ1) is 18.2. The van der Waals surface area contributed by atoms with Gasteiger partial charge in [0.15, 0.2) is 0 Å². The molecule has 2 amide bonds. The molecule has 1 heterocycles. The lowest BCUT2D eigenvalue weighted by Gasteiger charge is -2.43. The van der Waals surface area contributed by atoms with Crippen molar-refractivity contribution in [3.63, 3.8) is 0 Å². The van der Waals surface area contributed by atoms with Crippen LogP contribution in [0.25, 0.3) is 0 Å². The van der Waals surface area contributed by atoms with Gasteiger partial charge in [-0.25, -0.2) is 0 Å². The number of hydrogen-bond donors (Lipinski definition) is 0. The van der Waals surface area contributed by atoms with Gasteiger partial charge in [0.05, 0.1) is 0 Å². The van der Waals surface area contributed by atoms with Crippen molar-refractivity contribution in [3.05, 3.63) is 118 Å². The molecule has 6 heteroatoms. The summed E-state index contributed by atoms with van der Waals surface area (Å²) in [7, 11) is 0. The third-order valence-corrected chi connectivity index (χ3v) is 6.15. The second-order valence-corrected chi connectivity index (χ2v) is 7.65. The number of fused-ring (bicyclic) bond motifs is 1. The minimum Gasteiger partial charge on any atom is -0.274 e. The molecule has 1 saturated heterocycles. The first-order chi connectivity index (χ1) is 14.6. The smallest absolute Gasteiger partial charge is 0.241 e. The molecule has 30 heavy (non-hydrogen) atoms. The summed E-state index contributed by atoms with van der Waals surface area (Å²) in [4.78, 5) is 39.0. The fraction of sp³-hybridized carbons (Fsp3) is 0.167. The molecule has 2 unspecified atom stereocenters. The fourth-order valence-corrected chi connectivity index (χ4v) is 4.82. The van der Waals surface area contributed by atoms with Gasteiger partial charge in [-0.05, 0) is 16.7 Å². The van der Waals surface area contributed by atoms with Crippen LogP contribution in [0, 0.1) is 22.0 Å². The number of amides is 2. The van der Waals surface area contributed by atoms with Crippen LogP contribution in [-0.2, 0) is 15.1 Å². The summed E-state index contributed by atoms with van der Waals surface area (Å²) in [6.45, 7) is 0. The maximum Gasteiger partial charge on any atom is 0.241 e. The Labute approximate surface area is 172 Å². The Morgan fingerprint density at radius 1 is 0.667 bits per heavy atom. The number of nitro groups is 1. The van der Waals surface area contributed by atoms with Crippen LogP contribution in [0.15, 0.2) is 91.0 Å². The molecule has 6 nitrogen and oxygen atoms in total. The van der Waals surface area contributed by atoms with Gasteiger partial charge in [-0.2, -0.15) is 0 Å². The monoisotopic (exact) mass is 398 g/mol. The molecule has 3 aromatic carbocycles. The maximum absolute atomic E-state index is 13.4. The van der Waals surface area contributed by atoms with Crippen molar-refractivity contribution in [2.75, 3.05) is 0 Å². The molecule has 2 fully saturated rings. The molecule has 0 radical (unpaired) electrons. The van der Waals surface area contributed by atoms with Crippen LogP contribution in [0.4, 0.5) is 0 Å². The van der Waals surface area contributed by atoms with Crippen molar-refractivity contribution in [3.8, 4) is 0 Å². The van der Waals surface area contributed by atoms with Gasteiger partial charge in [0.2, 0.25) is 17.9 Å². The van der Waals surface area contributed by atoms with Crippen LogP contribution >= 0.6 is 0 Å². The van der Waals surface area contributed by atoms with E-state index < -0.39 is 40.2 Å². The van der Waals surface area contributed by atoms with Crippen LogP contribution < -0.4 is 0 Å². The predicted molar refractivity (Wildman–Crippen MR) is 109 cm³/mol. The Bertz CT molecular complexity index is 1010. The summed E-state index contributed by atoms with van der Waals surface area (Å²) in [6.07, 6.45) is 0. The van der Waals surface area contributed by atoms with Crippen molar-refractivity contribution in [1.82, 2.24) is 4.90 Å². The molecule has 148 valence electrons. The minimum absolute atomic E-state index is 0.483. The van der Waals surface area contributed by atoms with Crippen molar-refractivity contribution >= 4 is 11.8 Å². The summed E-state index contributed by atoms with van der Waals surface area (Å²) in [5.41, 5.74) is 1.06. The highest BCUT2D eigenvalue weighted by molar-refractivity contribution is 6.11. The number of hydrogen-bond acceptors (Lipinski definition) is 4. The Morgan fingerprint density at radius 3 is 1.30 bits per heavy atom. The van der Waals surface area contributed by atoms with Gasteiger partial charge in [-0.15, -0.1) is 0 Å². The van der Waals surface area contributed by atoms with Crippen molar-refractivity contribution in [1.29, 1.82) is 0 Å². The molecule has 0 bridgehead atoms. The topological polar surface area (TPSA) is 80.5 Å². The molecule has 3 aromatic rings. The Hall–Kier alpha value is -3.80. The van der Waals surface area contributed by atoms with E-state index in [0.717, 1.165) is 16.7 Å². The van der Waals surface area contributed by atoms with Gasteiger partial charge in [0.25, 0.3) is 0 Å². The number of rotatable bonds is 5. The van der Waals surface area contributed by atoms with Crippen molar-refractivity contribution in [2.45, 2.75) is 11.6 Å². The number of benzene rings is 3. The average molecular weight is 398 g/mol. The molecule has 1 aliphatic carbocycles. The standard InChI is InChI=1S/C24H18N2O4/c27-22-19-20(21(19)26(29)30)23(28)25(22)24(16-10-4-1-5-11-16,17-12-6-2-7-13-17)18-14-8-3-9-15-18/h1-15,19-21H. The van der Waals surface area contributed by atoms with Gasteiger partial charge in [0, 0.05) is 4.92 Å². The second-order valence-electron chi connectivity index (χ2n) is 7.65. The summed E-state index contributed by atoms with van der Waals surface area (Å²) in [5, 5.41) is 11.3. The normalized spacial score (nSPS) is 22.7. The Balaban J connectivity index is 1.79. The molecular formula is C24H18N2O4. The molecule has 0 aromatic heterocycles. The Morgan fingerprint density at radius 2 is 1.00 bits per heavy atom. The highest BCUT2D eigenvalue weighted by atomic mass is 16.6. The van der Waals surface area contributed by atoms with Crippen LogP contribution in [0.2, 0.25) is 0 Å². The van der Waals surface area contributed by atoms with E-state index in [-0.39, 0.29) is 0 Å². The van der Waals surface area contributed by atoms with Crippen LogP contribution in [0.1, 0.15) is 16.7 Å². The molecule has 1 saturated carbocycles. The van der Waals surface area contributed by atoms with Gasteiger partial charge in [0.1, 0.15) is 17.4 Å². The minimum atomic E-state index is -1.20. The van der Waals surface area contributed by atoms with E-state index in [9.17, 15) is 19.7 Å². The molecule has 1 aliphatic heterocycles. The number of imide groups is 1. The number of carbonyl (C=O) groups is 2. The van der Waals surface area contributed by atoms with E-state index in [0.29, 0.717) is 0 Å². The van der Waals surface area contributed by atoms with Gasteiger partial charge in [-0.1, -0.05) is 91.0 Å². The zero-order valence-electron chi connectivity index (χ0n) is 15.9. The Kier molecular flexibility index (Phi) is 4.03. The summed E-state index contributed by atoms with van der Waals surface area (Å²) >= 11 is 0. The van der Waals surface area contributed by atoms with Crippen LogP contribution in [0.3, 0.4) is 0 Å². The lowest BCUT2D eigenvalue weighted by molar-refractivity contribution is -0.500. The number of likely N-dealkylation sites (tertiary alicyclic amines) is 1. The SMILES string of the molecule is O=C1C2C(C(=O)N1C(c1ccccc1)(c1ccccc1)c1ccccc1)C2[N+](=O)[O-]. The lowest BCUT2D eigenvalue weighted by Crippen LogP contribution is -2.53. The molecule has 5 rings (SSSR count). The molecular weight excluding hydrogens is 380 g/mol. The summed E-state index contributed by atoms with van der Waals surface area (Å²) in [6, 6.07) is 27.0. The number of piperidine rings is 1. The van der Waals surface area contributed by atoms with Crippen molar-refractivity contribution in [2.24, 2.45) is 11.8 Å². The maximum atomic E-state index is 13.4. The lowest BCUT2D eigenvalue weighted by atomic mass is 9.75. The fourth-order valence-electron chi connectivity index (χ4n) is 4.82. The largest absolute Gasteiger partial charge is 0.274 e. The quantitative estimate of drug-likeness (QED) is 0.286. The van der Waals surface area contributed by atoms with E-state index in [4.69, 9.17) is 0 Å².